The molecule has 0 fully saturated rings. The summed E-state index contributed by atoms with van der Waals surface area (Å²) >= 11 is 1.66. The minimum absolute atomic E-state index is 0.0555. The summed E-state index contributed by atoms with van der Waals surface area (Å²) in [6.07, 6.45) is 4.92. The largest absolute Gasteiger partial charge is 0.493 e. The molecule has 0 saturated carbocycles. The Kier molecular flexibility index (Phi) is 9.21. The number of benzene rings is 1. The van der Waals surface area contributed by atoms with E-state index in [1.807, 2.05) is 18.4 Å². The van der Waals surface area contributed by atoms with E-state index in [4.69, 9.17) is 23.7 Å². The molecule has 0 aliphatic rings. The van der Waals surface area contributed by atoms with Gasteiger partial charge in [-0.1, -0.05) is 0 Å². The van der Waals surface area contributed by atoms with Crippen LogP contribution in [0.4, 0.5) is 0 Å². The number of hydrogen-bond acceptors (Lipinski definition) is 6. The molecule has 6 heteroatoms. The summed E-state index contributed by atoms with van der Waals surface area (Å²) in [4.78, 5) is 0. The summed E-state index contributed by atoms with van der Waals surface area (Å²) in [5, 5.41) is 0. The highest BCUT2D eigenvalue weighted by Gasteiger charge is 2.20. The molecule has 1 rings (SSSR count). The predicted molar refractivity (Wildman–Crippen MR) is 94.1 cm³/mol. The third-order valence-corrected chi connectivity index (χ3v) is 4.71. The quantitative estimate of drug-likeness (QED) is 0.574. The Bertz CT molecular complexity index is 437. The van der Waals surface area contributed by atoms with Crippen LogP contribution >= 0.6 is 11.8 Å². The number of hydrogen-bond donors (Lipinski definition) is 0. The van der Waals surface area contributed by atoms with Gasteiger partial charge in [-0.15, -0.1) is 11.8 Å². The molecule has 2 unspecified atom stereocenters. The lowest BCUT2D eigenvalue weighted by molar-refractivity contribution is 0.00434. The van der Waals surface area contributed by atoms with E-state index < -0.39 is 0 Å². The van der Waals surface area contributed by atoms with Crippen LogP contribution in [0, 0.1) is 0 Å². The fourth-order valence-electron chi connectivity index (χ4n) is 2.55. The van der Waals surface area contributed by atoms with Gasteiger partial charge in [0.05, 0.1) is 27.4 Å². The molecule has 23 heavy (non-hydrogen) atoms. The maximum Gasteiger partial charge on any atom is 0.203 e. The Morgan fingerprint density at radius 2 is 1.52 bits per heavy atom. The molecule has 132 valence electrons. The van der Waals surface area contributed by atoms with E-state index in [1.54, 1.807) is 47.3 Å². The van der Waals surface area contributed by atoms with Crippen LogP contribution in [0.1, 0.15) is 18.4 Å². The van der Waals surface area contributed by atoms with Crippen LogP contribution in [0.25, 0.3) is 0 Å². The van der Waals surface area contributed by atoms with E-state index in [1.165, 1.54) is 0 Å². The van der Waals surface area contributed by atoms with E-state index in [-0.39, 0.29) is 11.5 Å². The smallest absolute Gasteiger partial charge is 0.203 e. The van der Waals surface area contributed by atoms with Crippen molar-refractivity contribution in [2.45, 2.75) is 30.8 Å². The lowest BCUT2D eigenvalue weighted by Gasteiger charge is -2.23. The van der Waals surface area contributed by atoms with Gasteiger partial charge in [0, 0.05) is 14.2 Å². The van der Waals surface area contributed by atoms with Crippen molar-refractivity contribution < 1.29 is 23.7 Å². The van der Waals surface area contributed by atoms with Gasteiger partial charge in [-0.2, -0.15) is 0 Å². The van der Waals surface area contributed by atoms with E-state index in [9.17, 15) is 0 Å². The first-order valence-corrected chi connectivity index (χ1v) is 8.81. The molecule has 0 N–H and O–H groups in total. The fourth-order valence-corrected chi connectivity index (χ4v) is 3.30. The lowest BCUT2D eigenvalue weighted by Crippen LogP contribution is -2.27. The molecule has 2 atom stereocenters. The SMILES string of the molecule is COc1cc(CCCC(OC)C(OC)SC)cc(OC)c1OC. The molecule has 0 spiro atoms. The second-order valence-electron chi connectivity index (χ2n) is 5.04. The molecule has 0 aliphatic carbocycles. The maximum absolute atomic E-state index is 5.54. The van der Waals surface area contributed by atoms with Gasteiger partial charge in [-0.3, -0.25) is 0 Å². The topological polar surface area (TPSA) is 46.2 Å². The molecule has 0 heterocycles. The van der Waals surface area contributed by atoms with Gasteiger partial charge in [0.2, 0.25) is 5.75 Å². The van der Waals surface area contributed by atoms with Gasteiger partial charge in [0.1, 0.15) is 5.44 Å². The predicted octanol–water partition coefficient (Wildman–Crippen LogP) is 3.39. The van der Waals surface area contributed by atoms with Crippen molar-refractivity contribution in [3.8, 4) is 17.2 Å². The highest BCUT2D eigenvalue weighted by atomic mass is 32.2. The second kappa shape index (κ2) is 10.6. The summed E-state index contributed by atoms with van der Waals surface area (Å²) in [7, 11) is 8.31. The van der Waals surface area contributed by atoms with E-state index >= 15 is 0 Å². The zero-order chi connectivity index (χ0) is 17.2. The summed E-state index contributed by atoms with van der Waals surface area (Å²) in [6, 6.07) is 3.98. The first-order chi connectivity index (χ1) is 11.1. The molecule has 0 aromatic heterocycles. The van der Waals surface area contributed by atoms with Gasteiger partial charge in [0.25, 0.3) is 0 Å². The molecule has 0 radical (unpaired) electrons. The third kappa shape index (κ3) is 5.48. The van der Waals surface area contributed by atoms with E-state index in [2.05, 4.69) is 0 Å². The lowest BCUT2D eigenvalue weighted by atomic mass is 10.0. The van der Waals surface area contributed by atoms with E-state index in [0.717, 1.165) is 24.8 Å². The minimum Gasteiger partial charge on any atom is -0.493 e. The van der Waals surface area contributed by atoms with Crippen LogP contribution in [-0.4, -0.2) is 53.3 Å². The van der Waals surface area contributed by atoms with Crippen LogP contribution in [-0.2, 0) is 15.9 Å². The summed E-state index contributed by atoms with van der Waals surface area (Å²) in [6.45, 7) is 0. The molecular weight excluding hydrogens is 316 g/mol. The van der Waals surface area contributed by atoms with Crippen molar-refractivity contribution in [2.75, 3.05) is 41.8 Å². The summed E-state index contributed by atoms with van der Waals surface area (Å²) < 4.78 is 27.1. The standard InChI is InChI=1S/C17H28O5S/c1-18-13(17(22-5)23-6)9-7-8-12-10-14(19-2)16(21-4)15(11-12)20-3/h10-11,13,17H,7-9H2,1-6H3. The van der Waals surface area contributed by atoms with Gasteiger partial charge in [-0.25, -0.2) is 0 Å². The number of ether oxygens (including phenoxy) is 5. The molecule has 5 nitrogen and oxygen atoms in total. The van der Waals surface area contributed by atoms with Crippen LogP contribution < -0.4 is 14.2 Å². The molecule has 0 amide bonds. The average Bonchev–Trinajstić information content (AvgIpc) is 2.60. The summed E-state index contributed by atoms with van der Waals surface area (Å²) in [5.41, 5.74) is 1.20. The molecule has 0 bridgehead atoms. The highest BCUT2D eigenvalue weighted by Crippen LogP contribution is 2.38. The van der Waals surface area contributed by atoms with Crippen molar-refractivity contribution in [2.24, 2.45) is 0 Å². The van der Waals surface area contributed by atoms with Crippen LogP contribution in [0.15, 0.2) is 12.1 Å². The number of methoxy groups -OCH3 is 5. The van der Waals surface area contributed by atoms with Crippen molar-refractivity contribution in [1.82, 2.24) is 0 Å². The number of aryl methyl sites for hydroxylation is 1. The van der Waals surface area contributed by atoms with Crippen molar-refractivity contribution in [3.05, 3.63) is 17.7 Å². The van der Waals surface area contributed by atoms with E-state index in [0.29, 0.717) is 17.2 Å². The summed E-state index contributed by atoms with van der Waals surface area (Å²) in [5.74, 6) is 1.99. The second-order valence-corrected chi connectivity index (χ2v) is 5.98. The first kappa shape index (κ1) is 19.9. The molecule has 1 aromatic rings. The Labute approximate surface area is 143 Å². The maximum atomic E-state index is 5.54. The highest BCUT2D eigenvalue weighted by molar-refractivity contribution is 7.99. The van der Waals surface area contributed by atoms with Crippen LogP contribution in [0.3, 0.4) is 0 Å². The number of rotatable bonds is 11. The third-order valence-electron chi connectivity index (χ3n) is 3.75. The van der Waals surface area contributed by atoms with Gasteiger partial charge in [0.15, 0.2) is 11.5 Å². The Morgan fingerprint density at radius 1 is 0.913 bits per heavy atom. The van der Waals surface area contributed by atoms with Gasteiger partial charge >= 0.3 is 0 Å². The monoisotopic (exact) mass is 344 g/mol. The molecule has 0 saturated heterocycles. The van der Waals surface area contributed by atoms with Gasteiger partial charge in [-0.05, 0) is 43.2 Å². The zero-order valence-electron chi connectivity index (χ0n) is 14.9. The molecule has 0 aliphatic heterocycles. The van der Waals surface area contributed by atoms with Crippen molar-refractivity contribution in [1.29, 1.82) is 0 Å². The Morgan fingerprint density at radius 3 is 1.91 bits per heavy atom. The Hall–Kier alpha value is -1.11. The van der Waals surface area contributed by atoms with Gasteiger partial charge < -0.3 is 23.7 Å². The van der Waals surface area contributed by atoms with Crippen LogP contribution in [0.5, 0.6) is 17.2 Å². The zero-order valence-corrected chi connectivity index (χ0v) is 15.7. The number of thioether (sulfide) groups is 1. The minimum atomic E-state index is 0.0555. The molecule has 1 aromatic carbocycles. The Balaban J connectivity index is 2.74. The molecular formula is C17H28O5S. The fraction of sp³-hybridized carbons (Fsp3) is 0.647. The van der Waals surface area contributed by atoms with Crippen molar-refractivity contribution >= 4 is 11.8 Å². The first-order valence-electron chi connectivity index (χ1n) is 7.52. The van der Waals surface area contributed by atoms with Crippen molar-refractivity contribution in [3.63, 3.8) is 0 Å². The average molecular weight is 344 g/mol. The normalized spacial score (nSPS) is 13.5. The van der Waals surface area contributed by atoms with Crippen LogP contribution in [0.2, 0.25) is 0 Å².